The molecule has 0 bridgehead atoms. The zero-order valence-corrected chi connectivity index (χ0v) is 12.6. The first-order chi connectivity index (χ1) is 9.39. The summed E-state index contributed by atoms with van der Waals surface area (Å²) in [4.78, 5) is 11.9. The van der Waals surface area contributed by atoms with Gasteiger partial charge in [-0.15, -0.1) is 0 Å². The van der Waals surface area contributed by atoms with Crippen molar-refractivity contribution in [1.29, 1.82) is 0 Å². The molecule has 2 rings (SSSR count). The van der Waals surface area contributed by atoms with Gasteiger partial charge in [0.2, 0.25) is 0 Å². The highest BCUT2D eigenvalue weighted by Gasteiger charge is 2.11. The van der Waals surface area contributed by atoms with E-state index in [0.29, 0.717) is 19.6 Å². The molecule has 0 aromatic carbocycles. The summed E-state index contributed by atoms with van der Waals surface area (Å²) in [5.74, 6) is 1.68. The maximum atomic E-state index is 11.9. The van der Waals surface area contributed by atoms with Crippen molar-refractivity contribution in [3.8, 4) is 0 Å². The van der Waals surface area contributed by atoms with Gasteiger partial charge in [0.25, 0.3) is 0 Å². The molecule has 1 N–H and O–H groups in total. The fourth-order valence-corrected chi connectivity index (χ4v) is 1.94. The standard InChI is InChI=1S/C15H23N3O2/c1-5-17-8-9-18(14(17)19)11-13-7-6-12(20-13)10-16-15(2,3)4/h6-9,16H,5,10-11H2,1-4H3. The predicted molar refractivity (Wildman–Crippen MR) is 78.8 cm³/mol. The molecule has 5 heteroatoms. The second-order valence-corrected chi connectivity index (χ2v) is 5.97. The van der Waals surface area contributed by atoms with Crippen LogP contribution in [-0.2, 0) is 19.6 Å². The van der Waals surface area contributed by atoms with Crippen molar-refractivity contribution in [2.45, 2.75) is 52.9 Å². The molecule has 0 radical (unpaired) electrons. The molecule has 0 unspecified atom stereocenters. The molecule has 0 amide bonds. The van der Waals surface area contributed by atoms with E-state index in [2.05, 4.69) is 26.1 Å². The minimum Gasteiger partial charge on any atom is -0.463 e. The Hall–Kier alpha value is -1.75. The van der Waals surface area contributed by atoms with Crippen LogP contribution < -0.4 is 11.0 Å². The van der Waals surface area contributed by atoms with E-state index in [0.717, 1.165) is 11.5 Å². The first kappa shape index (κ1) is 14.7. The van der Waals surface area contributed by atoms with Gasteiger partial charge in [0.05, 0.1) is 13.1 Å². The molecule has 0 spiro atoms. The average Bonchev–Trinajstić information content (AvgIpc) is 2.95. The van der Waals surface area contributed by atoms with Gasteiger partial charge in [-0.2, -0.15) is 0 Å². The second kappa shape index (κ2) is 5.71. The first-order valence-corrected chi connectivity index (χ1v) is 6.97. The maximum Gasteiger partial charge on any atom is 0.328 e. The Balaban J connectivity index is 2.02. The second-order valence-electron chi connectivity index (χ2n) is 5.97. The van der Waals surface area contributed by atoms with Gasteiger partial charge in [0.15, 0.2) is 0 Å². The molecule has 2 aromatic rings. The molecule has 5 nitrogen and oxygen atoms in total. The van der Waals surface area contributed by atoms with Crippen molar-refractivity contribution in [3.63, 3.8) is 0 Å². The van der Waals surface area contributed by atoms with Gasteiger partial charge in [0.1, 0.15) is 11.5 Å². The van der Waals surface area contributed by atoms with E-state index in [1.807, 2.05) is 19.1 Å². The van der Waals surface area contributed by atoms with Crippen molar-refractivity contribution in [2.24, 2.45) is 0 Å². The molecule has 0 fully saturated rings. The number of aromatic nitrogens is 2. The van der Waals surface area contributed by atoms with E-state index in [1.165, 1.54) is 0 Å². The van der Waals surface area contributed by atoms with Gasteiger partial charge < -0.3 is 9.73 Å². The van der Waals surface area contributed by atoms with Crippen molar-refractivity contribution >= 4 is 0 Å². The molecular weight excluding hydrogens is 254 g/mol. The highest BCUT2D eigenvalue weighted by molar-refractivity contribution is 5.08. The number of aryl methyl sites for hydroxylation is 1. The molecule has 0 saturated heterocycles. The molecular formula is C15H23N3O2. The fraction of sp³-hybridized carbons (Fsp3) is 0.533. The number of nitrogens with zero attached hydrogens (tertiary/aromatic N) is 2. The van der Waals surface area contributed by atoms with Crippen LogP contribution in [0.5, 0.6) is 0 Å². The minimum absolute atomic E-state index is 0.00161. The Morgan fingerprint density at radius 1 is 1.15 bits per heavy atom. The Morgan fingerprint density at radius 3 is 2.40 bits per heavy atom. The van der Waals surface area contributed by atoms with Gasteiger partial charge in [0, 0.05) is 24.5 Å². The minimum atomic E-state index is -0.00161. The molecule has 0 atom stereocenters. The Kier molecular flexibility index (Phi) is 4.18. The number of rotatable bonds is 5. The number of hydrogen-bond acceptors (Lipinski definition) is 3. The lowest BCUT2D eigenvalue weighted by atomic mass is 10.1. The third-order valence-electron chi connectivity index (χ3n) is 3.10. The lowest BCUT2D eigenvalue weighted by Crippen LogP contribution is -2.34. The van der Waals surface area contributed by atoms with Gasteiger partial charge in [-0.25, -0.2) is 4.79 Å². The van der Waals surface area contributed by atoms with Crippen molar-refractivity contribution in [3.05, 3.63) is 46.5 Å². The summed E-state index contributed by atoms with van der Waals surface area (Å²) in [6.45, 7) is 10.1. The fourth-order valence-electron chi connectivity index (χ4n) is 1.94. The summed E-state index contributed by atoms with van der Waals surface area (Å²) in [7, 11) is 0. The summed E-state index contributed by atoms with van der Waals surface area (Å²) in [5.41, 5.74) is 0.0562. The SMILES string of the molecule is CCn1ccn(Cc2ccc(CNC(C)(C)C)o2)c1=O. The van der Waals surface area contributed by atoms with E-state index >= 15 is 0 Å². The quantitative estimate of drug-likeness (QED) is 0.911. The van der Waals surface area contributed by atoms with Crippen molar-refractivity contribution in [1.82, 2.24) is 14.5 Å². The third-order valence-corrected chi connectivity index (χ3v) is 3.10. The normalized spacial score (nSPS) is 12.0. The zero-order chi connectivity index (χ0) is 14.8. The highest BCUT2D eigenvalue weighted by atomic mass is 16.3. The van der Waals surface area contributed by atoms with Crippen LogP contribution in [0.4, 0.5) is 0 Å². The van der Waals surface area contributed by atoms with Gasteiger partial charge >= 0.3 is 5.69 Å². The molecule has 2 heterocycles. The van der Waals surface area contributed by atoms with E-state index in [4.69, 9.17) is 4.42 Å². The van der Waals surface area contributed by atoms with Crippen LogP contribution in [0.2, 0.25) is 0 Å². The topological polar surface area (TPSA) is 52.1 Å². The molecule has 0 aliphatic carbocycles. The summed E-state index contributed by atoms with van der Waals surface area (Å²) in [5, 5.41) is 3.37. The number of furan rings is 1. The van der Waals surface area contributed by atoms with E-state index in [9.17, 15) is 4.79 Å². The van der Waals surface area contributed by atoms with Gasteiger partial charge in [-0.3, -0.25) is 9.13 Å². The van der Waals surface area contributed by atoms with Gasteiger partial charge in [-0.1, -0.05) is 0 Å². The first-order valence-electron chi connectivity index (χ1n) is 6.97. The predicted octanol–water partition coefficient (Wildman–Crippen LogP) is 2.20. The van der Waals surface area contributed by atoms with Crippen LogP contribution in [0, 0.1) is 0 Å². The molecule has 0 aliphatic heterocycles. The van der Waals surface area contributed by atoms with E-state index < -0.39 is 0 Å². The van der Waals surface area contributed by atoms with E-state index in [-0.39, 0.29) is 11.2 Å². The number of nitrogens with one attached hydrogen (secondary N) is 1. The van der Waals surface area contributed by atoms with Crippen molar-refractivity contribution in [2.75, 3.05) is 0 Å². The lowest BCUT2D eigenvalue weighted by Gasteiger charge is -2.19. The number of imidazole rings is 1. The highest BCUT2D eigenvalue weighted by Crippen LogP contribution is 2.10. The molecule has 2 aromatic heterocycles. The molecule has 0 saturated carbocycles. The van der Waals surface area contributed by atoms with Crippen LogP contribution in [0.15, 0.2) is 33.7 Å². The number of hydrogen-bond donors (Lipinski definition) is 1. The monoisotopic (exact) mass is 277 g/mol. The van der Waals surface area contributed by atoms with Crippen LogP contribution in [0.25, 0.3) is 0 Å². The summed E-state index contributed by atoms with van der Waals surface area (Å²) in [6, 6.07) is 3.88. The van der Waals surface area contributed by atoms with Gasteiger partial charge in [-0.05, 0) is 39.8 Å². The smallest absolute Gasteiger partial charge is 0.328 e. The largest absolute Gasteiger partial charge is 0.463 e. The van der Waals surface area contributed by atoms with E-state index in [1.54, 1.807) is 21.5 Å². The van der Waals surface area contributed by atoms with Crippen molar-refractivity contribution < 1.29 is 4.42 Å². The molecule has 0 aliphatic rings. The van der Waals surface area contributed by atoms with Crippen LogP contribution in [-0.4, -0.2) is 14.7 Å². The Labute approximate surface area is 119 Å². The molecule has 110 valence electrons. The summed E-state index contributed by atoms with van der Waals surface area (Å²) < 4.78 is 9.08. The Bertz CT molecular complexity index is 614. The van der Waals surface area contributed by atoms with Crippen LogP contribution in [0.3, 0.4) is 0 Å². The summed E-state index contributed by atoms with van der Waals surface area (Å²) >= 11 is 0. The summed E-state index contributed by atoms with van der Waals surface area (Å²) in [6.07, 6.45) is 3.59. The molecule has 20 heavy (non-hydrogen) atoms. The maximum absolute atomic E-state index is 11.9. The zero-order valence-electron chi connectivity index (χ0n) is 12.6. The van der Waals surface area contributed by atoms with Crippen LogP contribution in [0.1, 0.15) is 39.2 Å². The Morgan fingerprint density at radius 2 is 1.80 bits per heavy atom. The van der Waals surface area contributed by atoms with Crippen LogP contribution >= 0.6 is 0 Å². The average molecular weight is 277 g/mol. The third kappa shape index (κ3) is 3.63. The lowest BCUT2D eigenvalue weighted by molar-refractivity contribution is 0.375.